The minimum atomic E-state index is -0.432. The van der Waals surface area contributed by atoms with Crippen molar-refractivity contribution >= 4 is 6.03 Å². The van der Waals surface area contributed by atoms with E-state index in [1.165, 1.54) is 4.90 Å². The Hall–Kier alpha value is -0.770. The standard InChI is InChI=1S/C6H12N2O2/c7-6(10)8-3-1-2-5(9)4-8/h5,9H,1-4H2,(H2,7,10)/t5-/m0/s1. The Kier molecular flexibility index (Phi) is 2.11. The predicted octanol–water partition coefficient (Wildman–Crippen LogP) is -0.478. The zero-order valence-corrected chi connectivity index (χ0v) is 5.79. The molecule has 0 unspecified atom stereocenters. The zero-order valence-electron chi connectivity index (χ0n) is 5.79. The molecule has 1 aliphatic rings. The van der Waals surface area contributed by atoms with Crippen molar-refractivity contribution in [3.63, 3.8) is 0 Å². The molecule has 0 aliphatic carbocycles. The Labute approximate surface area is 59.6 Å². The van der Waals surface area contributed by atoms with Crippen molar-refractivity contribution in [3.05, 3.63) is 0 Å². The molecule has 0 aromatic carbocycles. The van der Waals surface area contributed by atoms with E-state index in [1.807, 2.05) is 0 Å². The molecule has 4 heteroatoms. The van der Waals surface area contributed by atoms with Gasteiger partial charge in [0.15, 0.2) is 0 Å². The molecular weight excluding hydrogens is 132 g/mol. The zero-order chi connectivity index (χ0) is 7.56. The molecule has 0 radical (unpaired) electrons. The van der Waals surface area contributed by atoms with E-state index in [9.17, 15) is 4.79 Å². The third-order valence-corrected chi connectivity index (χ3v) is 1.71. The van der Waals surface area contributed by atoms with Crippen LogP contribution in [0.2, 0.25) is 0 Å². The maximum Gasteiger partial charge on any atom is 0.314 e. The number of urea groups is 1. The second kappa shape index (κ2) is 2.88. The van der Waals surface area contributed by atoms with Crippen LogP contribution in [0.4, 0.5) is 4.79 Å². The Morgan fingerprint density at radius 2 is 2.40 bits per heavy atom. The number of primary amides is 1. The highest BCUT2D eigenvalue weighted by molar-refractivity contribution is 5.72. The van der Waals surface area contributed by atoms with Crippen LogP contribution >= 0.6 is 0 Å². The van der Waals surface area contributed by atoms with Gasteiger partial charge in [0.25, 0.3) is 0 Å². The van der Waals surface area contributed by atoms with Gasteiger partial charge in [-0.05, 0) is 12.8 Å². The minimum Gasteiger partial charge on any atom is -0.391 e. The van der Waals surface area contributed by atoms with Crippen molar-refractivity contribution in [1.29, 1.82) is 0 Å². The summed E-state index contributed by atoms with van der Waals surface area (Å²) in [7, 11) is 0. The second-order valence-corrected chi connectivity index (χ2v) is 2.58. The van der Waals surface area contributed by atoms with Gasteiger partial charge in [0.2, 0.25) is 0 Å². The van der Waals surface area contributed by atoms with Gasteiger partial charge in [-0.25, -0.2) is 4.79 Å². The van der Waals surface area contributed by atoms with E-state index in [1.54, 1.807) is 0 Å². The summed E-state index contributed by atoms with van der Waals surface area (Å²) in [5, 5.41) is 9.08. The quantitative estimate of drug-likeness (QED) is 0.482. The normalized spacial score (nSPS) is 26.5. The molecule has 0 aromatic heterocycles. The molecule has 4 nitrogen and oxygen atoms in total. The van der Waals surface area contributed by atoms with Crippen LogP contribution in [-0.4, -0.2) is 35.2 Å². The molecular formula is C6H12N2O2. The summed E-state index contributed by atoms with van der Waals surface area (Å²) < 4.78 is 0. The number of likely N-dealkylation sites (tertiary alicyclic amines) is 1. The first kappa shape index (κ1) is 7.34. The van der Waals surface area contributed by atoms with Gasteiger partial charge in [-0.15, -0.1) is 0 Å². The summed E-state index contributed by atoms with van der Waals surface area (Å²) in [6, 6.07) is -0.432. The Bertz CT molecular complexity index is 138. The highest BCUT2D eigenvalue weighted by Gasteiger charge is 2.19. The highest BCUT2D eigenvalue weighted by Crippen LogP contribution is 2.08. The van der Waals surface area contributed by atoms with Gasteiger partial charge in [-0.2, -0.15) is 0 Å². The van der Waals surface area contributed by atoms with Crippen LogP contribution in [0.25, 0.3) is 0 Å². The van der Waals surface area contributed by atoms with Crippen LogP contribution in [0.5, 0.6) is 0 Å². The summed E-state index contributed by atoms with van der Waals surface area (Å²) >= 11 is 0. The van der Waals surface area contributed by atoms with Crippen molar-refractivity contribution in [2.75, 3.05) is 13.1 Å². The van der Waals surface area contributed by atoms with Gasteiger partial charge in [0.1, 0.15) is 0 Å². The third kappa shape index (κ3) is 1.60. The molecule has 58 valence electrons. The van der Waals surface area contributed by atoms with E-state index in [-0.39, 0.29) is 6.10 Å². The molecule has 2 amide bonds. The number of hydrogen-bond acceptors (Lipinski definition) is 2. The van der Waals surface area contributed by atoms with Crippen LogP contribution in [0.3, 0.4) is 0 Å². The number of β-amino-alcohol motifs (C(OH)–C–C–N with tert-alkyl or cyclic N) is 1. The van der Waals surface area contributed by atoms with Crippen molar-refractivity contribution in [2.24, 2.45) is 5.73 Å². The second-order valence-electron chi connectivity index (χ2n) is 2.58. The number of nitrogens with zero attached hydrogens (tertiary/aromatic N) is 1. The fraction of sp³-hybridized carbons (Fsp3) is 0.833. The van der Waals surface area contributed by atoms with Gasteiger partial charge in [0.05, 0.1) is 6.10 Å². The number of hydrogen-bond donors (Lipinski definition) is 2. The molecule has 0 aromatic rings. The first-order valence-electron chi connectivity index (χ1n) is 3.42. The van der Waals surface area contributed by atoms with Crippen LogP contribution < -0.4 is 5.73 Å². The van der Waals surface area contributed by atoms with E-state index in [4.69, 9.17) is 10.8 Å². The molecule has 1 rings (SSSR count). The average Bonchev–Trinajstić information content (AvgIpc) is 1.88. The lowest BCUT2D eigenvalue weighted by molar-refractivity contribution is 0.0870. The van der Waals surface area contributed by atoms with Crippen molar-refractivity contribution in [3.8, 4) is 0 Å². The maximum absolute atomic E-state index is 10.5. The minimum absolute atomic E-state index is 0.374. The Morgan fingerprint density at radius 3 is 2.80 bits per heavy atom. The van der Waals surface area contributed by atoms with E-state index < -0.39 is 6.03 Å². The lowest BCUT2D eigenvalue weighted by Gasteiger charge is -2.28. The van der Waals surface area contributed by atoms with E-state index in [0.717, 1.165) is 12.8 Å². The Morgan fingerprint density at radius 1 is 1.70 bits per heavy atom. The number of piperidine rings is 1. The van der Waals surface area contributed by atoms with Crippen molar-refractivity contribution in [1.82, 2.24) is 4.90 Å². The Balaban J connectivity index is 2.39. The van der Waals surface area contributed by atoms with E-state index in [2.05, 4.69) is 0 Å². The molecule has 1 atom stereocenters. The number of rotatable bonds is 0. The monoisotopic (exact) mass is 144 g/mol. The van der Waals surface area contributed by atoms with Gasteiger partial charge in [0, 0.05) is 13.1 Å². The van der Waals surface area contributed by atoms with Crippen molar-refractivity contribution in [2.45, 2.75) is 18.9 Å². The fourth-order valence-corrected chi connectivity index (χ4v) is 1.15. The SMILES string of the molecule is NC(=O)N1CCC[C@H](O)C1. The molecule has 0 spiro atoms. The molecule has 1 saturated heterocycles. The molecule has 1 aliphatic heterocycles. The largest absolute Gasteiger partial charge is 0.391 e. The van der Waals surface area contributed by atoms with Crippen LogP contribution in [0.15, 0.2) is 0 Å². The summed E-state index contributed by atoms with van der Waals surface area (Å²) in [6.45, 7) is 1.09. The number of carbonyl (C=O) groups is 1. The molecule has 1 heterocycles. The molecule has 1 fully saturated rings. The van der Waals surface area contributed by atoms with Gasteiger partial charge in [-0.1, -0.05) is 0 Å². The first-order chi connectivity index (χ1) is 4.70. The summed E-state index contributed by atoms with van der Waals surface area (Å²) in [6.07, 6.45) is 1.26. The molecule has 0 saturated carbocycles. The highest BCUT2D eigenvalue weighted by atomic mass is 16.3. The van der Waals surface area contributed by atoms with Crippen molar-refractivity contribution < 1.29 is 9.90 Å². The topological polar surface area (TPSA) is 66.6 Å². The number of aliphatic hydroxyl groups excluding tert-OH is 1. The lowest BCUT2D eigenvalue weighted by Crippen LogP contribution is -2.44. The van der Waals surface area contributed by atoms with Gasteiger partial charge < -0.3 is 15.7 Å². The number of nitrogens with two attached hydrogens (primary N) is 1. The predicted molar refractivity (Wildman–Crippen MR) is 36.4 cm³/mol. The van der Waals surface area contributed by atoms with Crippen LogP contribution in [-0.2, 0) is 0 Å². The van der Waals surface area contributed by atoms with E-state index in [0.29, 0.717) is 13.1 Å². The van der Waals surface area contributed by atoms with Crippen LogP contribution in [0, 0.1) is 0 Å². The number of aliphatic hydroxyl groups is 1. The third-order valence-electron chi connectivity index (χ3n) is 1.71. The molecule has 0 bridgehead atoms. The molecule has 3 N–H and O–H groups in total. The summed E-state index contributed by atoms with van der Waals surface area (Å²) in [5.41, 5.74) is 5.01. The van der Waals surface area contributed by atoms with Gasteiger partial charge >= 0.3 is 6.03 Å². The first-order valence-corrected chi connectivity index (χ1v) is 3.42. The van der Waals surface area contributed by atoms with E-state index >= 15 is 0 Å². The number of amides is 2. The van der Waals surface area contributed by atoms with Crippen LogP contribution in [0.1, 0.15) is 12.8 Å². The summed E-state index contributed by atoms with van der Waals surface area (Å²) in [5.74, 6) is 0. The molecule has 10 heavy (non-hydrogen) atoms. The van der Waals surface area contributed by atoms with Gasteiger partial charge in [-0.3, -0.25) is 0 Å². The summed E-state index contributed by atoms with van der Waals surface area (Å²) in [4.78, 5) is 12.0. The average molecular weight is 144 g/mol. The fourth-order valence-electron chi connectivity index (χ4n) is 1.15. The number of carbonyl (C=O) groups excluding carboxylic acids is 1. The maximum atomic E-state index is 10.5. The smallest absolute Gasteiger partial charge is 0.314 e. The lowest BCUT2D eigenvalue weighted by atomic mass is 10.1.